The molecular formula is C36H64N6O13. The Kier molecular flexibility index (Phi) is 14.8. The van der Waals surface area contributed by atoms with Crippen molar-refractivity contribution in [3.63, 3.8) is 0 Å². The van der Waals surface area contributed by atoms with Gasteiger partial charge in [0.1, 0.15) is 53.1 Å². The summed E-state index contributed by atoms with van der Waals surface area (Å²) in [7, 11) is 1.35. The Morgan fingerprint density at radius 2 is 1.64 bits per heavy atom. The summed E-state index contributed by atoms with van der Waals surface area (Å²) in [5.74, 6) is 0.353. The quantitative estimate of drug-likeness (QED) is 0.107. The van der Waals surface area contributed by atoms with Crippen LogP contribution < -0.4 is 27.4 Å². The second-order valence-corrected chi connectivity index (χ2v) is 17.3. The second kappa shape index (κ2) is 18.2. The summed E-state index contributed by atoms with van der Waals surface area (Å²) >= 11 is 0. The van der Waals surface area contributed by atoms with E-state index in [1.165, 1.54) is 26.8 Å². The zero-order valence-corrected chi connectivity index (χ0v) is 33.2. The van der Waals surface area contributed by atoms with Crippen molar-refractivity contribution in [3.05, 3.63) is 11.8 Å². The summed E-state index contributed by atoms with van der Waals surface area (Å²) in [6.45, 7) is 11.8. The Hall–Kier alpha value is -2.85. The van der Waals surface area contributed by atoms with Crippen molar-refractivity contribution in [2.24, 2.45) is 17.4 Å². The van der Waals surface area contributed by atoms with Gasteiger partial charge in [0.15, 0.2) is 6.29 Å². The summed E-state index contributed by atoms with van der Waals surface area (Å²) in [5.41, 5.74) is 9.48. The Balaban J connectivity index is 1.53. The predicted molar refractivity (Wildman–Crippen MR) is 196 cm³/mol. The van der Waals surface area contributed by atoms with Gasteiger partial charge in [-0.05, 0) is 92.7 Å². The summed E-state index contributed by atoms with van der Waals surface area (Å²) in [6.07, 6.45) is -7.25. The van der Waals surface area contributed by atoms with Crippen LogP contribution in [0.5, 0.6) is 0 Å². The molecule has 4 rings (SSSR count). The van der Waals surface area contributed by atoms with Crippen LogP contribution >= 0.6 is 0 Å². The number of alkyl carbamates (subject to hydrolysis) is 1. The lowest BCUT2D eigenvalue weighted by molar-refractivity contribution is -0.310. The molecule has 3 fully saturated rings. The maximum atomic E-state index is 13.3. The van der Waals surface area contributed by atoms with E-state index in [1.807, 2.05) is 6.08 Å². The average molecular weight is 789 g/mol. The molecule has 3 amide bonds. The van der Waals surface area contributed by atoms with Gasteiger partial charge in [0.25, 0.3) is 5.91 Å². The minimum Gasteiger partial charge on any atom is -0.467 e. The van der Waals surface area contributed by atoms with Crippen molar-refractivity contribution in [1.29, 1.82) is 0 Å². The molecule has 11 N–H and O–H groups in total. The average Bonchev–Trinajstić information content (AvgIpc) is 3.88. The third kappa shape index (κ3) is 12.8. The van der Waals surface area contributed by atoms with Gasteiger partial charge in [0.05, 0.1) is 37.8 Å². The monoisotopic (exact) mass is 788 g/mol. The first kappa shape index (κ1) is 44.9. The number of nitrogens with zero attached hydrogens (tertiary/aromatic N) is 1. The number of nitrogens with one attached hydrogen (secondary N) is 3. The third-order valence-corrected chi connectivity index (χ3v) is 9.61. The van der Waals surface area contributed by atoms with Gasteiger partial charge in [-0.1, -0.05) is 0 Å². The number of hydrogen-bond acceptors (Lipinski definition) is 16. The molecule has 0 spiro atoms. The van der Waals surface area contributed by atoms with Gasteiger partial charge in [-0.15, -0.1) is 0 Å². The van der Waals surface area contributed by atoms with Crippen LogP contribution in [0, 0.1) is 5.92 Å². The maximum Gasteiger partial charge on any atom is 0.410 e. The molecule has 1 saturated heterocycles. The van der Waals surface area contributed by atoms with Crippen LogP contribution in [-0.4, -0.2) is 161 Å². The first-order valence-electron chi connectivity index (χ1n) is 19.0. The minimum atomic E-state index is -1.77. The number of carbonyl (C=O) groups is 3. The van der Waals surface area contributed by atoms with Gasteiger partial charge in [0.2, 0.25) is 6.29 Å². The molecule has 2 aliphatic carbocycles. The Bertz CT molecular complexity index is 1350. The Morgan fingerprint density at radius 1 is 1.00 bits per heavy atom. The number of aliphatic hydroxyl groups excluding tert-OH is 3. The highest BCUT2D eigenvalue weighted by molar-refractivity contribution is 5.81. The van der Waals surface area contributed by atoms with E-state index in [1.54, 1.807) is 41.5 Å². The van der Waals surface area contributed by atoms with Crippen molar-refractivity contribution < 1.29 is 63.2 Å². The van der Waals surface area contributed by atoms with Gasteiger partial charge in [-0.2, -0.15) is 0 Å². The van der Waals surface area contributed by atoms with E-state index in [4.69, 9.17) is 39.9 Å². The highest BCUT2D eigenvalue weighted by Crippen LogP contribution is 2.34. The molecule has 316 valence electrons. The molecule has 19 heteroatoms. The minimum absolute atomic E-state index is 0.0697. The van der Waals surface area contributed by atoms with Crippen LogP contribution in [0.4, 0.5) is 9.59 Å². The van der Waals surface area contributed by atoms with Crippen molar-refractivity contribution in [3.8, 4) is 0 Å². The number of ether oxygens (including phenoxy) is 6. The molecule has 4 aliphatic rings. The van der Waals surface area contributed by atoms with E-state index in [0.29, 0.717) is 24.6 Å². The number of nitrogens with two attached hydrogens (primary N) is 2. The number of carbonyl (C=O) groups excluding carboxylic acids is 3. The fourth-order valence-electron chi connectivity index (χ4n) is 6.71. The largest absolute Gasteiger partial charge is 0.467 e. The van der Waals surface area contributed by atoms with E-state index < -0.39 is 115 Å². The van der Waals surface area contributed by atoms with Crippen molar-refractivity contribution in [2.75, 3.05) is 33.3 Å². The van der Waals surface area contributed by atoms with Gasteiger partial charge in [-0.25, -0.2) is 9.59 Å². The van der Waals surface area contributed by atoms with Gasteiger partial charge >= 0.3 is 12.2 Å². The van der Waals surface area contributed by atoms with E-state index >= 15 is 0 Å². The van der Waals surface area contributed by atoms with E-state index in [2.05, 4.69) is 16.0 Å². The van der Waals surface area contributed by atoms with Crippen LogP contribution in [0.15, 0.2) is 11.8 Å². The molecule has 2 aliphatic heterocycles. The molecule has 0 aromatic heterocycles. The first-order chi connectivity index (χ1) is 25.5. The van der Waals surface area contributed by atoms with Crippen LogP contribution in [0.3, 0.4) is 0 Å². The second-order valence-electron chi connectivity index (χ2n) is 17.3. The van der Waals surface area contributed by atoms with Crippen LogP contribution in [-0.2, 0) is 33.2 Å². The predicted octanol–water partition coefficient (Wildman–Crippen LogP) is -1.12. The number of aliphatic hydroxyl groups is 4. The summed E-state index contributed by atoms with van der Waals surface area (Å²) in [6, 6.07) is -3.96. The summed E-state index contributed by atoms with van der Waals surface area (Å²) in [5, 5.41) is 53.7. The van der Waals surface area contributed by atoms with Crippen molar-refractivity contribution >= 4 is 18.1 Å². The van der Waals surface area contributed by atoms with Crippen LogP contribution in [0.25, 0.3) is 0 Å². The topological polar surface area (TPSA) is 279 Å². The molecule has 12 atom stereocenters. The molecule has 0 aromatic rings. The molecule has 55 heavy (non-hydrogen) atoms. The Labute approximate surface area is 322 Å². The zero-order chi connectivity index (χ0) is 41.0. The van der Waals surface area contributed by atoms with E-state index in [9.17, 15) is 34.8 Å². The highest BCUT2D eigenvalue weighted by Gasteiger charge is 2.54. The highest BCUT2D eigenvalue weighted by atomic mass is 16.7. The molecule has 0 bridgehead atoms. The van der Waals surface area contributed by atoms with Crippen molar-refractivity contribution in [2.45, 2.75) is 158 Å². The molecular weight excluding hydrogens is 724 g/mol. The third-order valence-electron chi connectivity index (χ3n) is 9.61. The fourth-order valence-corrected chi connectivity index (χ4v) is 6.71. The summed E-state index contributed by atoms with van der Waals surface area (Å²) in [4.78, 5) is 39.5. The molecule has 0 aromatic carbocycles. The number of hydrogen-bond donors (Lipinski definition) is 9. The summed E-state index contributed by atoms with van der Waals surface area (Å²) < 4.78 is 34.9. The number of amides is 3. The lowest BCUT2D eigenvalue weighted by atomic mass is 9.83. The van der Waals surface area contributed by atoms with Gasteiger partial charge in [-0.3, -0.25) is 4.79 Å². The molecule has 19 nitrogen and oxygen atoms in total. The van der Waals surface area contributed by atoms with Crippen LogP contribution in [0.1, 0.15) is 74.1 Å². The molecule has 2 saturated carbocycles. The van der Waals surface area contributed by atoms with E-state index in [0.717, 1.165) is 11.4 Å². The van der Waals surface area contributed by atoms with Gasteiger partial charge < -0.3 is 81.2 Å². The molecule has 0 radical (unpaired) electrons. The fraction of sp³-hybridized carbons (Fsp3) is 0.861. The lowest BCUT2D eigenvalue weighted by Gasteiger charge is -2.50. The zero-order valence-electron chi connectivity index (χ0n) is 33.2. The smallest absolute Gasteiger partial charge is 0.410 e. The SMILES string of the molecule is CN(C(=O)OC(C)(C)C)[C@@H]1[C@@H](O)[C@@H](O[C@@H]2[C@@H](O)[C@H](O[C@H]3OC(CNCC4CC4)=CC[C@H]3N)[C@@H](N)C[C@H]2NC(=O)[C@H](O)CNC(=O)OC(C)(C)C)OC[C@]1(C)O. The van der Waals surface area contributed by atoms with Crippen molar-refractivity contribution in [1.82, 2.24) is 20.9 Å². The molecule has 2 heterocycles. The maximum absolute atomic E-state index is 13.3. The number of rotatable bonds is 13. The standard InChI is InChI=1S/C36H64N6O13/c1-34(2,3)54-32(47)40-16-23(43)29(46)41-22-13-21(38)26(52-30-20(37)12-11-19(51-30)15-39-14-18-9-10-18)24(44)27(22)53-31-25(45)28(36(7,49)17-50-31)42(8)33(48)55-35(4,5)6/h11,18,20-28,30-31,39,43-45,49H,9-10,12-17,37-38H2,1-8H3,(H,40,47)(H,41,46)/t20-,21+,22-,23-,24+,25-,26-,27+,28-,30-,31-,36+/m1/s1. The Morgan fingerprint density at radius 3 is 2.25 bits per heavy atom. The van der Waals surface area contributed by atoms with Crippen LogP contribution in [0.2, 0.25) is 0 Å². The normalized spacial score (nSPS) is 34.8. The van der Waals surface area contributed by atoms with Gasteiger partial charge in [0, 0.05) is 13.1 Å². The molecule has 0 unspecified atom stereocenters. The lowest BCUT2D eigenvalue weighted by Crippen LogP contribution is -2.70. The first-order valence-corrected chi connectivity index (χ1v) is 19.0. The van der Waals surface area contributed by atoms with E-state index in [-0.39, 0.29) is 6.42 Å². The number of likely N-dealkylation sites (N-methyl/N-ethyl adjacent to an activating group) is 1.